The molecule has 0 unspecified atom stereocenters. The first-order chi connectivity index (χ1) is 7.13. The van der Waals surface area contributed by atoms with Gasteiger partial charge in [0.1, 0.15) is 5.01 Å². The van der Waals surface area contributed by atoms with E-state index in [-0.39, 0.29) is 24.6 Å². The van der Waals surface area contributed by atoms with Crippen molar-refractivity contribution < 1.29 is 14.7 Å². The average molecular weight is 226 g/mol. The Balaban J connectivity index is 2.47. The maximum atomic E-state index is 11.0. The van der Waals surface area contributed by atoms with Crippen LogP contribution in [0.25, 0.3) is 0 Å². The number of thiazole rings is 1. The first-order valence-corrected chi connectivity index (χ1v) is 5.06. The van der Waals surface area contributed by atoms with Crippen molar-refractivity contribution in [2.24, 2.45) is 0 Å². The van der Waals surface area contributed by atoms with Gasteiger partial charge in [-0.15, -0.1) is 17.9 Å². The van der Waals surface area contributed by atoms with Gasteiger partial charge in [0, 0.05) is 11.8 Å². The molecule has 0 aliphatic heterocycles. The van der Waals surface area contributed by atoms with Crippen molar-refractivity contribution in [2.75, 3.05) is 0 Å². The molecule has 0 atom stereocenters. The van der Waals surface area contributed by atoms with Crippen molar-refractivity contribution in [2.45, 2.75) is 13.0 Å². The van der Waals surface area contributed by atoms with Crippen LogP contribution in [0.3, 0.4) is 0 Å². The number of amides is 1. The van der Waals surface area contributed by atoms with Gasteiger partial charge in [0.2, 0.25) is 5.91 Å². The second kappa shape index (κ2) is 5.26. The first-order valence-electron chi connectivity index (χ1n) is 4.18. The van der Waals surface area contributed by atoms with Gasteiger partial charge in [-0.1, -0.05) is 6.08 Å². The van der Waals surface area contributed by atoms with Gasteiger partial charge < -0.3 is 10.4 Å². The van der Waals surface area contributed by atoms with E-state index < -0.39 is 5.97 Å². The third kappa shape index (κ3) is 3.51. The number of carbonyl (C=O) groups excluding carboxylic acids is 1. The van der Waals surface area contributed by atoms with Crippen LogP contribution in [0.15, 0.2) is 18.0 Å². The molecule has 15 heavy (non-hydrogen) atoms. The van der Waals surface area contributed by atoms with E-state index in [0.29, 0.717) is 5.01 Å². The van der Waals surface area contributed by atoms with E-state index in [2.05, 4.69) is 16.9 Å². The molecule has 80 valence electrons. The predicted molar refractivity (Wildman–Crippen MR) is 55.7 cm³/mol. The molecular formula is C9H10N2O3S. The lowest BCUT2D eigenvalue weighted by atomic mass is 10.4. The van der Waals surface area contributed by atoms with Crippen LogP contribution in [0, 0.1) is 0 Å². The van der Waals surface area contributed by atoms with Crippen LogP contribution in [-0.2, 0) is 11.3 Å². The lowest BCUT2D eigenvalue weighted by molar-refractivity contribution is -0.120. The molecule has 0 aliphatic carbocycles. The smallest absolute Gasteiger partial charge is 0.355 e. The molecule has 0 saturated heterocycles. The molecule has 0 bridgehead atoms. The number of carboxylic acid groups (broad SMARTS) is 1. The summed E-state index contributed by atoms with van der Waals surface area (Å²) in [6, 6.07) is 0. The van der Waals surface area contributed by atoms with E-state index in [4.69, 9.17) is 5.11 Å². The summed E-state index contributed by atoms with van der Waals surface area (Å²) in [5.41, 5.74) is 0.00738. The monoisotopic (exact) mass is 226 g/mol. The molecule has 0 saturated carbocycles. The van der Waals surface area contributed by atoms with Crippen molar-refractivity contribution in [1.82, 2.24) is 10.3 Å². The fraction of sp³-hybridized carbons (Fsp3) is 0.222. The maximum Gasteiger partial charge on any atom is 0.355 e. The Morgan fingerprint density at radius 3 is 2.93 bits per heavy atom. The van der Waals surface area contributed by atoms with Crippen molar-refractivity contribution in [3.05, 3.63) is 28.7 Å². The number of rotatable bonds is 5. The Bertz CT molecular complexity index is 386. The minimum Gasteiger partial charge on any atom is -0.476 e. The highest BCUT2D eigenvalue weighted by atomic mass is 32.1. The highest BCUT2D eigenvalue weighted by Gasteiger charge is 2.08. The van der Waals surface area contributed by atoms with Gasteiger partial charge in [0.25, 0.3) is 0 Å². The molecular weight excluding hydrogens is 216 g/mol. The van der Waals surface area contributed by atoms with Gasteiger partial charge in [0.05, 0.1) is 6.54 Å². The van der Waals surface area contributed by atoms with Crippen molar-refractivity contribution >= 4 is 23.2 Å². The summed E-state index contributed by atoms with van der Waals surface area (Å²) in [7, 11) is 0. The molecule has 1 aromatic heterocycles. The highest BCUT2D eigenvalue weighted by Crippen LogP contribution is 2.09. The number of hydrogen-bond donors (Lipinski definition) is 2. The normalized spacial score (nSPS) is 9.60. The molecule has 1 amide bonds. The maximum absolute atomic E-state index is 11.0. The minimum absolute atomic E-state index is 0.00738. The van der Waals surface area contributed by atoms with Crippen molar-refractivity contribution in [3.63, 3.8) is 0 Å². The van der Waals surface area contributed by atoms with Crippen LogP contribution in [0.1, 0.15) is 21.9 Å². The molecule has 0 fully saturated rings. The van der Waals surface area contributed by atoms with E-state index in [0.717, 1.165) is 0 Å². The second-order valence-electron chi connectivity index (χ2n) is 2.70. The van der Waals surface area contributed by atoms with E-state index in [9.17, 15) is 9.59 Å². The number of carboxylic acids is 1. The van der Waals surface area contributed by atoms with Gasteiger partial charge >= 0.3 is 5.97 Å². The first kappa shape index (κ1) is 11.4. The van der Waals surface area contributed by atoms with E-state index >= 15 is 0 Å². The van der Waals surface area contributed by atoms with Crippen LogP contribution in [0.4, 0.5) is 0 Å². The van der Waals surface area contributed by atoms with Crippen LogP contribution in [-0.4, -0.2) is 22.0 Å². The summed E-state index contributed by atoms with van der Waals surface area (Å²) in [4.78, 5) is 25.4. The summed E-state index contributed by atoms with van der Waals surface area (Å²) in [6.45, 7) is 3.69. The Morgan fingerprint density at radius 1 is 1.67 bits per heavy atom. The molecule has 1 rings (SSSR count). The largest absolute Gasteiger partial charge is 0.476 e. The number of aromatic carboxylic acids is 1. The number of nitrogens with one attached hydrogen (secondary N) is 1. The molecule has 1 heterocycles. The topological polar surface area (TPSA) is 79.3 Å². The van der Waals surface area contributed by atoms with E-state index in [1.54, 1.807) is 0 Å². The van der Waals surface area contributed by atoms with Gasteiger partial charge in [-0.05, 0) is 0 Å². The zero-order valence-corrected chi connectivity index (χ0v) is 8.71. The third-order valence-electron chi connectivity index (χ3n) is 1.54. The Kier molecular flexibility index (Phi) is 3.99. The third-order valence-corrected chi connectivity index (χ3v) is 2.39. The second-order valence-corrected chi connectivity index (χ2v) is 3.64. The van der Waals surface area contributed by atoms with Crippen LogP contribution in [0.2, 0.25) is 0 Å². The van der Waals surface area contributed by atoms with Crippen molar-refractivity contribution in [1.29, 1.82) is 0 Å². The fourth-order valence-electron chi connectivity index (χ4n) is 0.868. The molecule has 0 radical (unpaired) electrons. The Labute approximate surface area is 90.5 Å². The number of hydrogen-bond acceptors (Lipinski definition) is 4. The van der Waals surface area contributed by atoms with Gasteiger partial charge in [-0.3, -0.25) is 4.79 Å². The lowest BCUT2D eigenvalue weighted by Crippen LogP contribution is -2.21. The van der Waals surface area contributed by atoms with Crippen LogP contribution < -0.4 is 5.32 Å². The molecule has 6 heteroatoms. The minimum atomic E-state index is -1.06. The summed E-state index contributed by atoms with van der Waals surface area (Å²) < 4.78 is 0. The predicted octanol–water partition coefficient (Wildman–Crippen LogP) is 1.03. The van der Waals surface area contributed by atoms with Gasteiger partial charge in [0.15, 0.2) is 5.69 Å². The molecule has 2 N–H and O–H groups in total. The summed E-state index contributed by atoms with van der Waals surface area (Å²) in [6.07, 6.45) is 1.75. The molecule has 0 spiro atoms. The molecule has 1 aromatic rings. The molecule has 0 aliphatic rings. The van der Waals surface area contributed by atoms with Crippen LogP contribution in [0.5, 0.6) is 0 Å². The van der Waals surface area contributed by atoms with Crippen LogP contribution >= 0.6 is 11.3 Å². The highest BCUT2D eigenvalue weighted by molar-refractivity contribution is 7.09. The summed E-state index contributed by atoms with van der Waals surface area (Å²) >= 11 is 1.21. The number of aromatic nitrogens is 1. The van der Waals surface area contributed by atoms with Gasteiger partial charge in [-0.25, -0.2) is 9.78 Å². The fourth-order valence-corrected chi connectivity index (χ4v) is 1.58. The number of nitrogens with zero attached hydrogens (tertiary/aromatic N) is 1. The number of carbonyl (C=O) groups is 2. The molecule has 5 nitrogen and oxygen atoms in total. The standard InChI is InChI=1S/C9H10N2O3S/c1-2-3-7(12)10-4-8-11-6(5-15-8)9(13)14/h2,5H,1,3-4H2,(H,10,12)(H,13,14). The summed E-state index contributed by atoms with van der Waals surface area (Å²) in [5.74, 6) is -1.22. The zero-order chi connectivity index (χ0) is 11.3. The van der Waals surface area contributed by atoms with Crippen molar-refractivity contribution in [3.8, 4) is 0 Å². The Hall–Kier alpha value is -1.69. The van der Waals surface area contributed by atoms with Gasteiger partial charge in [-0.2, -0.15) is 0 Å². The molecule has 0 aromatic carbocycles. The van der Waals surface area contributed by atoms with E-state index in [1.807, 2.05) is 0 Å². The quantitative estimate of drug-likeness (QED) is 0.735. The van der Waals surface area contributed by atoms with E-state index in [1.165, 1.54) is 22.8 Å². The Morgan fingerprint density at radius 2 is 2.40 bits per heavy atom. The lowest BCUT2D eigenvalue weighted by Gasteiger charge is -1.98. The SMILES string of the molecule is C=CCC(=O)NCc1nc(C(=O)O)cs1. The zero-order valence-electron chi connectivity index (χ0n) is 7.90. The summed E-state index contributed by atoms with van der Waals surface area (Å²) in [5, 5.41) is 13.2. The average Bonchev–Trinajstić information content (AvgIpc) is 2.63.